The summed E-state index contributed by atoms with van der Waals surface area (Å²) in [4.78, 5) is 17.2. The molecule has 22 heavy (non-hydrogen) atoms. The van der Waals surface area contributed by atoms with Crippen molar-refractivity contribution in [3.63, 3.8) is 0 Å². The summed E-state index contributed by atoms with van der Waals surface area (Å²) in [5, 5.41) is 3.41. The molecule has 110 valence electrons. The number of carbonyl (C=O) groups excluding carboxylic acids is 1. The van der Waals surface area contributed by atoms with Gasteiger partial charge in [0.2, 0.25) is 0 Å². The number of hydrogen-bond acceptors (Lipinski definition) is 3. The molecule has 1 heterocycles. The minimum absolute atomic E-state index is 0.118. The molecule has 2 aromatic carbocycles. The molecule has 5 heteroatoms. The van der Waals surface area contributed by atoms with E-state index >= 15 is 0 Å². The number of aryl methyl sites for hydroxylation is 1. The summed E-state index contributed by atoms with van der Waals surface area (Å²) in [6.07, 6.45) is 1.86. The maximum absolute atomic E-state index is 12.1. The molecule has 1 saturated heterocycles. The van der Waals surface area contributed by atoms with Crippen molar-refractivity contribution in [2.75, 3.05) is 0 Å². The highest BCUT2D eigenvalue weighted by Crippen LogP contribution is 2.29. The molecular formula is C17H13BrN2OS. The largest absolute Gasteiger partial charge is 0.300 e. The molecule has 0 spiro atoms. The van der Waals surface area contributed by atoms with Gasteiger partial charge < -0.3 is 5.32 Å². The van der Waals surface area contributed by atoms with E-state index in [-0.39, 0.29) is 5.91 Å². The Morgan fingerprint density at radius 2 is 2.00 bits per heavy atom. The Hall–Kier alpha value is -1.85. The van der Waals surface area contributed by atoms with Gasteiger partial charge in [0.25, 0.3) is 5.91 Å². The molecule has 3 nitrogen and oxygen atoms in total. The summed E-state index contributed by atoms with van der Waals surface area (Å²) in [5.74, 6) is -0.118. The topological polar surface area (TPSA) is 41.5 Å². The van der Waals surface area contributed by atoms with Gasteiger partial charge in [-0.3, -0.25) is 4.79 Å². The molecule has 0 aliphatic carbocycles. The van der Waals surface area contributed by atoms with E-state index in [0.717, 1.165) is 21.3 Å². The van der Waals surface area contributed by atoms with Crippen LogP contribution in [0.2, 0.25) is 0 Å². The summed E-state index contributed by atoms with van der Waals surface area (Å²) in [5.41, 5.74) is 2.95. The van der Waals surface area contributed by atoms with Gasteiger partial charge in [-0.25, -0.2) is 4.99 Å². The van der Waals surface area contributed by atoms with Crippen LogP contribution in [0.4, 0.5) is 5.69 Å². The van der Waals surface area contributed by atoms with Crippen molar-refractivity contribution < 1.29 is 4.79 Å². The molecule has 1 aliphatic heterocycles. The molecule has 1 N–H and O–H groups in total. The third kappa shape index (κ3) is 3.48. The SMILES string of the molecule is Cc1cccc(N=C2NC(=O)/C(=C/c3ccccc3Br)S2)c1. The standard InChI is InChI=1S/C17H13BrN2OS/c1-11-5-4-7-13(9-11)19-17-20-16(21)15(22-17)10-12-6-2-3-8-14(12)18/h2-10H,1H3,(H,19,20,21)/b15-10-. The third-order valence-corrected chi connectivity index (χ3v) is 4.71. The first-order valence-corrected chi connectivity index (χ1v) is 8.33. The number of amides is 1. The highest BCUT2D eigenvalue weighted by Gasteiger charge is 2.23. The summed E-state index contributed by atoms with van der Waals surface area (Å²) in [6.45, 7) is 2.02. The van der Waals surface area contributed by atoms with Crippen LogP contribution < -0.4 is 5.32 Å². The monoisotopic (exact) mass is 372 g/mol. The van der Waals surface area contributed by atoms with Gasteiger partial charge in [-0.2, -0.15) is 0 Å². The molecule has 1 amide bonds. The summed E-state index contributed by atoms with van der Waals surface area (Å²) in [6, 6.07) is 15.7. The Morgan fingerprint density at radius 3 is 2.77 bits per heavy atom. The average Bonchev–Trinajstić information content (AvgIpc) is 2.81. The number of aliphatic imine (C=N–C) groups is 1. The molecule has 0 bridgehead atoms. The molecule has 0 aromatic heterocycles. The van der Waals surface area contributed by atoms with Crippen molar-refractivity contribution in [2.45, 2.75) is 6.92 Å². The number of nitrogens with zero attached hydrogens (tertiary/aromatic N) is 1. The van der Waals surface area contributed by atoms with Gasteiger partial charge in [-0.05, 0) is 54.1 Å². The molecule has 3 rings (SSSR count). The molecule has 1 fully saturated rings. The van der Waals surface area contributed by atoms with Gasteiger partial charge in [-0.1, -0.05) is 46.3 Å². The van der Waals surface area contributed by atoms with Gasteiger partial charge in [-0.15, -0.1) is 0 Å². The fourth-order valence-corrected chi connectivity index (χ4v) is 3.26. The zero-order chi connectivity index (χ0) is 15.5. The van der Waals surface area contributed by atoms with Gasteiger partial charge in [0, 0.05) is 4.47 Å². The Labute approximate surface area is 141 Å². The van der Waals surface area contributed by atoms with Crippen LogP contribution in [0.1, 0.15) is 11.1 Å². The maximum Gasteiger partial charge on any atom is 0.264 e. The second-order valence-corrected chi connectivity index (χ2v) is 6.73. The van der Waals surface area contributed by atoms with Crippen molar-refractivity contribution in [3.05, 3.63) is 69.0 Å². The minimum atomic E-state index is -0.118. The van der Waals surface area contributed by atoms with Gasteiger partial charge >= 0.3 is 0 Å². The lowest BCUT2D eigenvalue weighted by Crippen LogP contribution is -2.19. The number of carbonyl (C=O) groups is 1. The number of rotatable bonds is 2. The molecule has 2 aromatic rings. The Morgan fingerprint density at radius 1 is 1.18 bits per heavy atom. The smallest absolute Gasteiger partial charge is 0.264 e. The lowest BCUT2D eigenvalue weighted by Gasteiger charge is -1.98. The lowest BCUT2D eigenvalue weighted by atomic mass is 10.2. The summed E-state index contributed by atoms with van der Waals surface area (Å²) < 4.78 is 0.958. The van der Waals surface area contributed by atoms with Crippen LogP contribution in [0, 0.1) is 6.92 Å². The third-order valence-electron chi connectivity index (χ3n) is 3.08. The predicted molar refractivity (Wildman–Crippen MR) is 96.1 cm³/mol. The quantitative estimate of drug-likeness (QED) is 0.779. The molecule has 0 atom stereocenters. The Bertz CT molecular complexity index is 799. The van der Waals surface area contributed by atoms with Crippen LogP contribution in [0.15, 0.2) is 62.9 Å². The van der Waals surface area contributed by atoms with Crippen molar-refractivity contribution in [3.8, 4) is 0 Å². The number of thioether (sulfide) groups is 1. The fraction of sp³-hybridized carbons (Fsp3) is 0.0588. The number of nitrogens with one attached hydrogen (secondary N) is 1. The van der Waals surface area contributed by atoms with Gasteiger partial charge in [0.05, 0.1) is 10.6 Å². The van der Waals surface area contributed by atoms with E-state index < -0.39 is 0 Å². The number of halogens is 1. The van der Waals surface area contributed by atoms with E-state index in [1.54, 1.807) is 0 Å². The predicted octanol–water partition coefficient (Wildman–Crippen LogP) is 4.65. The van der Waals surface area contributed by atoms with Crippen molar-refractivity contribution >= 4 is 50.5 Å². The average molecular weight is 373 g/mol. The zero-order valence-electron chi connectivity index (χ0n) is 11.8. The van der Waals surface area contributed by atoms with E-state index in [1.807, 2.05) is 61.5 Å². The molecule has 0 saturated carbocycles. The molecule has 0 radical (unpaired) electrons. The second-order valence-electron chi connectivity index (χ2n) is 4.84. The highest BCUT2D eigenvalue weighted by molar-refractivity contribution is 9.10. The van der Waals surface area contributed by atoms with E-state index in [4.69, 9.17) is 0 Å². The summed E-state index contributed by atoms with van der Waals surface area (Å²) in [7, 11) is 0. The van der Waals surface area contributed by atoms with Crippen LogP contribution in [-0.2, 0) is 4.79 Å². The molecular weight excluding hydrogens is 360 g/mol. The first kappa shape index (κ1) is 15.1. The maximum atomic E-state index is 12.1. The Balaban J connectivity index is 1.86. The first-order valence-electron chi connectivity index (χ1n) is 6.72. The van der Waals surface area contributed by atoms with E-state index in [9.17, 15) is 4.79 Å². The minimum Gasteiger partial charge on any atom is -0.300 e. The molecule has 0 unspecified atom stereocenters. The van der Waals surface area contributed by atoms with Crippen LogP contribution in [0.3, 0.4) is 0 Å². The van der Waals surface area contributed by atoms with Crippen LogP contribution >= 0.6 is 27.7 Å². The van der Waals surface area contributed by atoms with Gasteiger partial charge in [0.1, 0.15) is 0 Å². The van der Waals surface area contributed by atoms with Gasteiger partial charge in [0.15, 0.2) is 5.17 Å². The lowest BCUT2D eigenvalue weighted by molar-refractivity contribution is -0.115. The van der Waals surface area contributed by atoms with Crippen molar-refractivity contribution in [1.29, 1.82) is 0 Å². The second kappa shape index (κ2) is 6.50. The van der Waals surface area contributed by atoms with Crippen LogP contribution in [-0.4, -0.2) is 11.1 Å². The zero-order valence-corrected chi connectivity index (χ0v) is 14.2. The first-order chi connectivity index (χ1) is 10.6. The fourth-order valence-electron chi connectivity index (χ4n) is 2.03. The van der Waals surface area contributed by atoms with E-state index in [1.165, 1.54) is 11.8 Å². The van der Waals surface area contributed by atoms with Crippen LogP contribution in [0.5, 0.6) is 0 Å². The van der Waals surface area contributed by atoms with Crippen LogP contribution in [0.25, 0.3) is 6.08 Å². The van der Waals surface area contributed by atoms with Crippen molar-refractivity contribution in [1.82, 2.24) is 5.32 Å². The van der Waals surface area contributed by atoms with E-state index in [0.29, 0.717) is 10.1 Å². The van der Waals surface area contributed by atoms with E-state index in [2.05, 4.69) is 26.2 Å². The highest BCUT2D eigenvalue weighted by atomic mass is 79.9. The number of benzene rings is 2. The summed E-state index contributed by atoms with van der Waals surface area (Å²) >= 11 is 4.84. The number of amidine groups is 1. The normalized spacial score (nSPS) is 18.0. The molecule has 1 aliphatic rings. The Kier molecular flexibility index (Phi) is 4.45. The number of hydrogen-bond donors (Lipinski definition) is 1. The van der Waals surface area contributed by atoms with Crippen molar-refractivity contribution in [2.24, 2.45) is 4.99 Å².